The van der Waals surface area contributed by atoms with Crippen LogP contribution < -0.4 is 5.32 Å². The Bertz CT molecular complexity index is 744. The summed E-state index contributed by atoms with van der Waals surface area (Å²) < 4.78 is 5.33. The lowest BCUT2D eigenvalue weighted by Gasteiger charge is -2.29. The molecule has 26 heavy (non-hydrogen) atoms. The Morgan fingerprint density at radius 1 is 1.46 bits per heavy atom. The minimum absolute atomic E-state index is 0.0322. The van der Waals surface area contributed by atoms with Crippen LogP contribution in [0.3, 0.4) is 0 Å². The molecule has 2 saturated heterocycles. The number of amides is 2. The monoisotopic (exact) mass is 396 g/mol. The molecule has 0 spiro atoms. The lowest BCUT2D eigenvalue weighted by molar-refractivity contribution is -0.161. The van der Waals surface area contributed by atoms with Crippen LogP contribution in [-0.4, -0.2) is 45.5 Å². The van der Waals surface area contributed by atoms with E-state index in [2.05, 4.69) is 5.32 Å². The summed E-state index contributed by atoms with van der Waals surface area (Å²) in [7, 11) is 0. The standard InChI is InChI=1S/C18H21ClN2O4S/c1-11(16(23)20-9-12-5-3-4-6-13(12)19)25-17(24)14-10-26-18(2)8-7-15(22)21(14)18/h3-6,11,14H,7-10H2,1-2H3,(H,20,23)/t11-,14-,18+/m1/s1. The largest absolute Gasteiger partial charge is 0.451 e. The summed E-state index contributed by atoms with van der Waals surface area (Å²) in [5, 5.41) is 3.27. The summed E-state index contributed by atoms with van der Waals surface area (Å²) in [5.74, 6) is -0.471. The van der Waals surface area contributed by atoms with Crippen molar-refractivity contribution >= 4 is 41.1 Å². The van der Waals surface area contributed by atoms with Crippen molar-refractivity contribution in [2.24, 2.45) is 0 Å². The van der Waals surface area contributed by atoms with Crippen LogP contribution in [0.1, 0.15) is 32.3 Å². The minimum Gasteiger partial charge on any atom is -0.451 e. The third-order valence-electron chi connectivity index (χ3n) is 4.79. The zero-order chi connectivity index (χ0) is 18.9. The van der Waals surface area contributed by atoms with Crippen LogP contribution in [0.4, 0.5) is 0 Å². The van der Waals surface area contributed by atoms with Crippen LogP contribution in [0, 0.1) is 0 Å². The van der Waals surface area contributed by atoms with Gasteiger partial charge in [0.2, 0.25) is 5.91 Å². The number of hydrogen-bond acceptors (Lipinski definition) is 5. The molecule has 0 bridgehead atoms. The Morgan fingerprint density at radius 3 is 2.92 bits per heavy atom. The maximum absolute atomic E-state index is 12.5. The van der Waals surface area contributed by atoms with Crippen molar-refractivity contribution < 1.29 is 19.1 Å². The molecule has 2 aliphatic heterocycles. The highest BCUT2D eigenvalue weighted by Crippen LogP contribution is 2.47. The highest BCUT2D eigenvalue weighted by atomic mass is 35.5. The summed E-state index contributed by atoms with van der Waals surface area (Å²) in [5.41, 5.74) is 0.784. The van der Waals surface area contributed by atoms with E-state index in [1.54, 1.807) is 22.7 Å². The first kappa shape index (κ1) is 19.0. The fourth-order valence-electron chi connectivity index (χ4n) is 3.27. The third-order valence-corrected chi connectivity index (χ3v) is 6.66. The highest BCUT2D eigenvalue weighted by Gasteiger charge is 2.53. The number of benzene rings is 1. The summed E-state index contributed by atoms with van der Waals surface area (Å²) in [4.78, 5) is 38.1. The number of rotatable bonds is 5. The van der Waals surface area contributed by atoms with Gasteiger partial charge in [0.1, 0.15) is 6.04 Å². The maximum Gasteiger partial charge on any atom is 0.330 e. The number of carbonyl (C=O) groups excluding carboxylic acids is 3. The fraction of sp³-hybridized carbons (Fsp3) is 0.500. The second-order valence-electron chi connectivity index (χ2n) is 6.65. The van der Waals surface area contributed by atoms with Crippen LogP contribution in [0.25, 0.3) is 0 Å². The summed E-state index contributed by atoms with van der Waals surface area (Å²) in [6, 6.07) is 6.58. The van der Waals surface area contributed by atoms with Gasteiger partial charge in [-0.25, -0.2) is 4.79 Å². The Labute approximate surface area is 161 Å². The van der Waals surface area contributed by atoms with E-state index in [1.807, 2.05) is 25.1 Å². The number of nitrogens with zero attached hydrogens (tertiary/aromatic N) is 1. The minimum atomic E-state index is -0.945. The van der Waals surface area contributed by atoms with Crippen molar-refractivity contribution in [3.8, 4) is 0 Å². The van der Waals surface area contributed by atoms with Crippen molar-refractivity contribution in [2.45, 2.75) is 50.3 Å². The molecular formula is C18H21ClN2O4S. The van der Waals surface area contributed by atoms with Gasteiger partial charge >= 0.3 is 5.97 Å². The van der Waals surface area contributed by atoms with E-state index in [4.69, 9.17) is 16.3 Å². The molecule has 0 saturated carbocycles. The van der Waals surface area contributed by atoms with Crippen molar-refractivity contribution in [2.75, 3.05) is 5.75 Å². The predicted octanol–water partition coefficient (Wildman–Crippen LogP) is 2.34. The van der Waals surface area contributed by atoms with E-state index < -0.39 is 24.0 Å². The van der Waals surface area contributed by atoms with Crippen molar-refractivity contribution in [1.29, 1.82) is 0 Å². The van der Waals surface area contributed by atoms with Crippen molar-refractivity contribution in [1.82, 2.24) is 10.2 Å². The second-order valence-corrected chi connectivity index (χ2v) is 8.56. The number of carbonyl (C=O) groups is 3. The van der Waals surface area contributed by atoms with Crippen molar-refractivity contribution in [3.63, 3.8) is 0 Å². The molecule has 0 unspecified atom stereocenters. The first-order valence-electron chi connectivity index (χ1n) is 8.49. The van der Waals surface area contributed by atoms with Gasteiger partial charge in [-0.2, -0.15) is 0 Å². The Hall–Kier alpha value is -1.73. The number of esters is 1. The molecule has 8 heteroatoms. The van der Waals surface area contributed by atoms with Crippen LogP contribution in [0.15, 0.2) is 24.3 Å². The van der Waals surface area contributed by atoms with Crippen LogP contribution in [-0.2, 0) is 25.7 Å². The number of ether oxygens (including phenoxy) is 1. The summed E-state index contributed by atoms with van der Waals surface area (Å²) in [6.07, 6.45) is 0.231. The molecule has 140 valence electrons. The van der Waals surface area contributed by atoms with Gasteiger partial charge in [0.15, 0.2) is 6.10 Å². The molecule has 1 aromatic rings. The molecule has 3 rings (SSSR count). The summed E-state index contributed by atoms with van der Waals surface area (Å²) in [6.45, 7) is 3.74. The fourth-order valence-corrected chi connectivity index (χ4v) is 4.89. The smallest absolute Gasteiger partial charge is 0.330 e. The lowest BCUT2D eigenvalue weighted by Crippen LogP contribution is -2.48. The van der Waals surface area contributed by atoms with Gasteiger partial charge in [-0.15, -0.1) is 11.8 Å². The van der Waals surface area contributed by atoms with E-state index in [0.29, 0.717) is 17.2 Å². The zero-order valence-electron chi connectivity index (χ0n) is 14.7. The van der Waals surface area contributed by atoms with E-state index >= 15 is 0 Å². The van der Waals surface area contributed by atoms with Gasteiger partial charge in [-0.3, -0.25) is 9.59 Å². The van der Waals surface area contributed by atoms with Gasteiger partial charge in [-0.1, -0.05) is 29.8 Å². The molecule has 1 aromatic carbocycles. The maximum atomic E-state index is 12.5. The number of fused-ring (bicyclic) bond motifs is 1. The topological polar surface area (TPSA) is 75.7 Å². The van der Waals surface area contributed by atoms with E-state index in [1.165, 1.54) is 6.92 Å². The molecular weight excluding hydrogens is 376 g/mol. The lowest BCUT2D eigenvalue weighted by atomic mass is 10.2. The number of thioether (sulfide) groups is 1. The van der Waals surface area contributed by atoms with E-state index in [0.717, 1.165) is 12.0 Å². The zero-order valence-corrected chi connectivity index (χ0v) is 16.2. The number of halogens is 1. The quantitative estimate of drug-likeness (QED) is 0.773. The van der Waals surface area contributed by atoms with Crippen LogP contribution >= 0.6 is 23.4 Å². The molecule has 2 fully saturated rings. The number of hydrogen-bond donors (Lipinski definition) is 1. The normalized spacial score (nSPS) is 25.7. The second kappa shape index (κ2) is 7.48. The van der Waals surface area contributed by atoms with Gasteiger partial charge in [0.05, 0.1) is 4.87 Å². The van der Waals surface area contributed by atoms with E-state index in [-0.39, 0.29) is 17.3 Å². The molecule has 2 heterocycles. The Balaban J connectivity index is 1.55. The van der Waals surface area contributed by atoms with Crippen molar-refractivity contribution in [3.05, 3.63) is 34.9 Å². The molecule has 0 aliphatic carbocycles. The SMILES string of the molecule is C[C@@H](OC(=O)[C@H]1CS[C@@]2(C)CCC(=O)N12)C(=O)NCc1ccccc1Cl. The van der Waals surface area contributed by atoms with Gasteiger partial charge in [-0.05, 0) is 31.9 Å². The third kappa shape index (κ3) is 3.69. The molecule has 0 aromatic heterocycles. The summed E-state index contributed by atoms with van der Waals surface area (Å²) >= 11 is 7.65. The average molecular weight is 397 g/mol. The first-order chi connectivity index (χ1) is 12.3. The molecule has 1 N–H and O–H groups in total. The molecule has 0 radical (unpaired) electrons. The average Bonchev–Trinajstić information content (AvgIpc) is 3.10. The highest BCUT2D eigenvalue weighted by molar-refractivity contribution is 8.01. The molecule has 6 nitrogen and oxygen atoms in total. The first-order valence-corrected chi connectivity index (χ1v) is 9.86. The van der Waals surface area contributed by atoms with Gasteiger partial charge in [0.25, 0.3) is 5.91 Å². The van der Waals surface area contributed by atoms with Gasteiger partial charge in [0, 0.05) is 23.7 Å². The van der Waals surface area contributed by atoms with E-state index in [9.17, 15) is 14.4 Å². The Kier molecular flexibility index (Phi) is 5.48. The molecule has 2 amide bonds. The van der Waals surface area contributed by atoms with Crippen LogP contribution in [0.2, 0.25) is 5.02 Å². The molecule has 3 atom stereocenters. The Morgan fingerprint density at radius 2 is 2.19 bits per heavy atom. The molecule has 2 aliphatic rings. The number of nitrogens with one attached hydrogen (secondary N) is 1. The van der Waals surface area contributed by atoms with Gasteiger partial charge < -0.3 is 15.0 Å². The van der Waals surface area contributed by atoms with Crippen LogP contribution in [0.5, 0.6) is 0 Å². The predicted molar refractivity (Wildman–Crippen MR) is 99.6 cm³/mol.